The Morgan fingerprint density at radius 1 is 0.826 bits per heavy atom. The largest absolute Gasteiger partial charge is 0.291 e. The zero-order chi connectivity index (χ0) is 16.7. The van der Waals surface area contributed by atoms with Crippen LogP contribution in [0.3, 0.4) is 0 Å². The Morgan fingerprint density at radius 3 is 1.91 bits per heavy atom. The van der Waals surface area contributed by atoms with Crippen LogP contribution < -0.4 is 0 Å². The van der Waals surface area contributed by atoms with Gasteiger partial charge in [0, 0.05) is 32.2 Å². The number of nitrogens with zero attached hydrogens (tertiary/aromatic N) is 2. The lowest BCUT2D eigenvalue weighted by atomic mass is 10.0. The van der Waals surface area contributed by atoms with Gasteiger partial charge in [0.2, 0.25) is 0 Å². The molecule has 0 bridgehead atoms. The predicted octanol–water partition coefficient (Wildman–Crippen LogP) is 4.00. The summed E-state index contributed by atoms with van der Waals surface area (Å²) in [6, 6.07) is 9.56. The van der Waals surface area contributed by atoms with Crippen molar-refractivity contribution >= 4 is 0 Å². The topological polar surface area (TPSA) is 6.48 Å². The maximum atomic E-state index is 3.93. The molecule has 2 unspecified atom stereocenters. The molecule has 0 aromatic heterocycles. The van der Waals surface area contributed by atoms with Crippen LogP contribution in [0.1, 0.15) is 17.2 Å². The molecule has 1 aromatic carbocycles. The predicted molar refractivity (Wildman–Crippen MR) is 101 cm³/mol. The van der Waals surface area contributed by atoms with Crippen LogP contribution in [0.5, 0.6) is 0 Å². The van der Waals surface area contributed by atoms with Gasteiger partial charge >= 0.3 is 0 Å². The molecule has 1 aromatic rings. The van der Waals surface area contributed by atoms with Crippen molar-refractivity contribution in [3.05, 3.63) is 86.0 Å². The van der Waals surface area contributed by atoms with Crippen LogP contribution in [0.15, 0.2) is 74.9 Å². The van der Waals surface area contributed by atoms with Crippen LogP contribution in [-0.2, 0) is 6.42 Å². The lowest BCUT2D eigenvalue weighted by Gasteiger charge is -2.38. The minimum atomic E-state index is 0.349. The summed E-state index contributed by atoms with van der Waals surface area (Å²) in [4.78, 5) is 4.92. The Balaban J connectivity index is 2.39. The monoisotopic (exact) mass is 308 g/mol. The summed E-state index contributed by atoms with van der Waals surface area (Å²) in [7, 11) is 0. The van der Waals surface area contributed by atoms with Gasteiger partial charge in [0.15, 0.2) is 0 Å². The number of rotatable bonds is 10. The summed E-state index contributed by atoms with van der Waals surface area (Å²) >= 11 is 0. The molecule has 23 heavy (non-hydrogen) atoms. The lowest BCUT2D eigenvalue weighted by molar-refractivity contribution is 0.120. The van der Waals surface area contributed by atoms with E-state index in [4.69, 9.17) is 0 Å². The second kappa shape index (κ2) is 8.66. The smallest absolute Gasteiger partial charge is 0.0516 e. The first-order valence-corrected chi connectivity index (χ1v) is 8.26. The highest BCUT2D eigenvalue weighted by Crippen LogP contribution is 2.38. The molecule has 0 amide bonds. The van der Waals surface area contributed by atoms with E-state index in [1.807, 2.05) is 24.3 Å². The van der Waals surface area contributed by atoms with Crippen molar-refractivity contribution in [2.75, 3.05) is 26.2 Å². The van der Waals surface area contributed by atoms with E-state index < -0.39 is 0 Å². The second-order valence-corrected chi connectivity index (χ2v) is 5.98. The number of benzene rings is 1. The average Bonchev–Trinajstić information content (AvgIpc) is 2.93. The van der Waals surface area contributed by atoms with Crippen molar-refractivity contribution in [3.8, 4) is 0 Å². The molecule has 0 aliphatic heterocycles. The number of hydrogen-bond donors (Lipinski definition) is 0. The Bertz CT molecular complexity index is 541. The molecule has 0 saturated carbocycles. The van der Waals surface area contributed by atoms with Gasteiger partial charge in [-0.3, -0.25) is 9.80 Å². The molecular weight excluding hydrogens is 280 g/mol. The molecule has 0 fully saturated rings. The van der Waals surface area contributed by atoms with Gasteiger partial charge in [0.25, 0.3) is 0 Å². The molecular formula is C21H28N2. The summed E-state index contributed by atoms with van der Waals surface area (Å²) in [5.41, 5.74) is 2.87. The van der Waals surface area contributed by atoms with Crippen LogP contribution in [0.4, 0.5) is 0 Å². The third kappa shape index (κ3) is 3.90. The van der Waals surface area contributed by atoms with E-state index in [1.54, 1.807) is 0 Å². The fraction of sp³-hybridized carbons (Fsp3) is 0.333. The second-order valence-electron chi connectivity index (χ2n) is 5.98. The quantitative estimate of drug-likeness (QED) is 0.603. The third-order valence-corrected chi connectivity index (χ3v) is 4.48. The minimum absolute atomic E-state index is 0.349. The SMILES string of the molecule is C=CCN(CC=C)C1Cc2ccccc2C1N(CC=C)CC=C. The van der Waals surface area contributed by atoms with E-state index >= 15 is 0 Å². The molecule has 2 rings (SSSR count). The minimum Gasteiger partial charge on any atom is -0.291 e. The van der Waals surface area contributed by atoms with E-state index in [-0.39, 0.29) is 0 Å². The van der Waals surface area contributed by atoms with Gasteiger partial charge in [0.1, 0.15) is 0 Å². The van der Waals surface area contributed by atoms with Gasteiger partial charge in [-0.25, -0.2) is 0 Å². The first-order chi connectivity index (χ1) is 11.3. The maximum absolute atomic E-state index is 3.93. The summed E-state index contributed by atoms with van der Waals surface area (Å²) in [6.45, 7) is 19.2. The fourth-order valence-corrected chi connectivity index (χ4v) is 3.63. The van der Waals surface area contributed by atoms with E-state index in [9.17, 15) is 0 Å². The highest BCUT2D eigenvalue weighted by atomic mass is 15.2. The molecule has 0 spiro atoms. The van der Waals surface area contributed by atoms with Crippen LogP contribution in [0, 0.1) is 0 Å². The number of hydrogen-bond acceptors (Lipinski definition) is 2. The van der Waals surface area contributed by atoms with E-state index in [0.717, 1.165) is 32.6 Å². The van der Waals surface area contributed by atoms with Crippen molar-refractivity contribution in [1.82, 2.24) is 9.80 Å². The molecule has 0 N–H and O–H groups in total. The highest BCUT2D eigenvalue weighted by Gasteiger charge is 2.38. The Hall–Kier alpha value is -1.90. The first kappa shape index (κ1) is 17.5. The standard InChI is InChI=1S/C21H28N2/c1-5-13-22(14-6-2)20-17-18-11-9-10-12-19(18)21(20)23(15-7-3)16-8-4/h5-12,20-21H,1-4,13-17H2. The van der Waals surface area contributed by atoms with E-state index in [1.165, 1.54) is 11.1 Å². The van der Waals surface area contributed by atoms with Crippen LogP contribution in [0.25, 0.3) is 0 Å². The molecule has 1 aliphatic rings. The molecule has 122 valence electrons. The van der Waals surface area contributed by atoms with Crippen molar-refractivity contribution < 1.29 is 0 Å². The Kier molecular flexibility index (Phi) is 6.57. The van der Waals surface area contributed by atoms with Crippen LogP contribution in [0.2, 0.25) is 0 Å². The summed E-state index contributed by atoms with van der Waals surface area (Å²) in [5.74, 6) is 0. The first-order valence-electron chi connectivity index (χ1n) is 8.26. The summed E-state index contributed by atoms with van der Waals surface area (Å²) in [5, 5.41) is 0. The molecule has 2 atom stereocenters. The van der Waals surface area contributed by atoms with Gasteiger partial charge in [-0.2, -0.15) is 0 Å². The zero-order valence-electron chi connectivity index (χ0n) is 14.0. The van der Waals surface area contributed by atoms with Crippen molar-refractivity contribution in [3.63, 3.8) is 0 Å². The van der Waals surface area contributed by atoms with E-state index in [0.29, 0.717) is 12.1 Å². The van der Waals surface area contributed by atoms with Crippen molar-refractivity contribution in [1.29, 1.82) is 0 Å². The maximum Gasteiger partial charge on any atom is 0.0516 e. The molecule has 0 saturated heterocycles. The fourth-order valence-electron chi connectivity index (χ4n) is 3.63. The van der Waals surface area contributed by atoms with Gasteiger partial charge < -0.3 is 0 Å². The van der Waals surface area contributed by atoms with Gasteiger partial charge in [0.05, 0.1) is 6.04 Å². The van der Waals surface area contributed by atoms with Crippen LogP contribution in [-0.4, -0.2) is 42.0 Å². The molecule has 2 heteroatoms. The average molecular weight is 308 g/mol. The highest BCUT2D eigenvalue weighted by molar-refractivity contribution is 5.37. The van der Waals surface area contributed by atoms with Crippen molar-refractivity contribution in [2.45, 2.75) is 18.5 Å². The number of fused-ring (bicyclic) bond motifs is 1. The molecule has 2 nitrogen and oxygen atoms in total. The van der Waals surface area contributed by atoms with Crippen molar-refractivity contribution in [2.24, 2.45) is 0 Å². The van der Waals surface area contributed by atoms with Crippen LogP contribution >= 0.6 is 0 Å². The third-order valence-electron chi connectivity index (χ3n) is 4.48. The zero-order valence-corrected chi connectivity index (χ0v) is 14.0. The van der Waals surface area contributed by atoms with Gasteiger partial charge in [-0.1, -0.05) is 48.6 Å². The molecule has 0 heterocycles. The Labute approximate surface area is 141 Å². The molecule has 0 radical (unpaired) electrons. The molecule has 1 aliphatic carbocycles. The normalized spacial score (nSPS) is 19.6. The lowest BCUT2D eigenvalue weighted by Crippen LogP contribution is -2.45. The van der Waals surface area contributed by atoms with Gasteiger partial charge in [-0.15, -0.1) is 26.3 Å². The Morgan fingerprint density at radius 2 is 1.35 bits per heavy atom. The van der Waals surface area contributed by atoms with Gasteiger partial charge in [-0.05, 0) is 17.5 Å². The summed E-state index contributed by atoms with van der Waals surface area (Å²) in [6.07, 6.45) is 8.98. The van der Waals surface area contributed by atoms with E-state index in [2.05, 4.69) is 60.4 Å². The summed E-state index contributed by atoms with van der Waals surface area (Å²) < 4.78 is 0.